The van der Waals surface area contributed by atoms with Gasteiger partial charge in [-0.15, -0.1) is 11.3 Å². The van der Waals surface area contributed by atoms with Crippen LogP contribution in [0.4, 0.5) is 5.82 Å². The summed E-state index contributed by atoms with van der Waals surface area (Å²) in [6, 6.07) is 16.9. The van der Waals surface area contributed by atoms with Crippen molar-refractivity contribution in [3.63, 3.8) is 0 Å². The van der Waals surface area contributed by atoms with Crippen molar-refractivity contribution in [3.05, 3.63) is 83.4 Å². The van der Waals surface area contributed by atoms with Crippen molar-refractivity contribution in [2.45, 2.75) is 5.92 Å². The molecule has 0 aliphatic rings. The summed E-state index contributed by atoms with van der Waals surface area (Å²) >= 11 is 7.69. The van der Waals surface area contributed by atoms with Crippen molar-refractivity contribution >= 4 is 44.9 Å². The lowest BCUT2D eigenvalue weighted by molar-refractivity contribution is -0.118. The summed E-state index contributed by atoms with van der Waals surface area (Å²) < 4.78 is 1.96. The third-order valence-electron chi connectivity index (χ3n) is 5.49. The maximum absolute atomic E-state index is 12.4. The number of fused-ring (bicyclic) bond motifs is 1. The van der Waals surface area contributed by atoms with Crippen molar-refractivity contribution in [2.75, 3.05) is 5.73 Å². The van der Waals surface area contributed by atoms with Gasteiger partial charge < -0.3 is 16.0 Å². The van der Waals surface area contributed by atoms with E-state index in [1.54, 1.807) is 18.5 Å². The third kappa shape index (κ3) is 3.83. The number of primary amides is 1. The number of nitrogen functional groups attached to an aromatic ring is 1. The van der Waals surface area contributed by atoms with Gasteiger partial charge in [0, 0.05) is 17.6 Å². The number of carbonyl (C=O) groups is 1. The maximum Gasteiger partial charge on any atom is 0.229 e. The molecule has 2 aromatic carbocycles. The fourth-order valence-electron chi connectivity index (χ4n) is 4.00. The first-order chi connectivity index (χ1) is 15.9. The highest BCUT2D eigenvalue weighted by Crippen LogP contribution is 2.39. The smallest absolute Gasteiger partial charge is 0.229 e. The lowest BCUT2D eigenvalue weighted by Gasteiger charge is -2.16. The number of anilines is 1. The number of carbonyl (C=O) groups excluding carboxylic acids is 1. The average Bonchev–Trinajstić information content (AvgIpc) is 3.38. The Morgan fingerprint density at radius 3 is 2.55 bits per heavy atom. The highest BCUT2D eigenvalue weighted by atomic mass is 35.5. The van der Waals surface area contributed by atoms with Gasteiger partial charge in [0.1, 0.15) is 17.0 Å². The van der Waals surface area contributed by atoms with Gasteiger partial charge >= 0.3 is 0 Å². The summed E-state index contributed by atoms with van der Waals surface area (Å²) in [6.07, 6.45) is 3.23. The van der Waals surface area contributed by atoms with Crippen LogP contribution in [-0.2, 0) is 11.8 Å². The van der Waals surface area contributed by atoms with E-state index < -0.39 is 11.8 Å². The number of aromatic nitrogens is 4. The van der Waals surface area contributed by atoms with Crippen molar-refractivity contribution in [2.24, 2.45) is 12.8 Å². The summed E-state index contributed by atoms with van der Waals surface area (Å²) in [4.78, 5) is 27.3. The minimum absolute atomic E-state index is 0.444. The zero-order chi connectivity index (χ0) is 23.1. The first kappa shape index (κ1) is 21.1. The van der Waals surface area contributed by atoms with E-state index in [1.807, 2.05) is 54.1 Å². The summed E-state index contributed by atoms with van der Waals surface area (Å²) in [7, 11) is 1.94. The molecule has 0 aliphatic carbocycles. The molecule has 5 rings (SSSR count). The molecule has 1 atom stereocenters. The molecule has 0 saturated carbocycles. The van der Waals surface area contributed by atoms with Crippen LogP contribution in [0.1, 0.15) is 17.0 Å². The van der Waals surface area contributed by atoms with E-state index in [2.05, 4.69) is 15.0 Å². The fraction of sp³-hybridized carbons (Fsp3) is 0.0833. The molecule has 4 N–H and O–H groups in total. The number of thiophene rings is 1. The molecule has 0 saturated heterocycles. The normalized spacial score (nSPS) is 12.2. The lowest BCUT2D eigenvalue weighted by Crippen LogP contribution is -2.22. The molecule has 3 aromatic heterocycles. The largest absolute Gasteiger partial charge is 0.383 e. The Morgan fingerprint density at radius 1 is 1.06 bits per heavy atom. The minimum Gasteiger partial charge on any atom is -0.383 e. The zero-order valence-corrected chi connectivity index (χ0v) is 19.1. The number of hydrogen-bond acceptors (Lipinski definition) is 6. The van der Waals surface area contributed by atoms with E-state index in [9.17, 15) is 4.79 Å². The van der Waals surface area contributed by atoms with Gasteiger partial charge in [0.15, 0.2) is 0 Å². The van der Waals surface area contributed by atoms with Gasteiger partial charge in [-0.3, -0.25) is 4.79 Å². The van der Waals surface area contributed by atoms with Crippen molar-refractivity contribution in [3.8, 4) is 21.8 Å². The van der Waals surface area contributed by atoms with Gasteiger partial charge in [-0.1, -0.05) is 41.9 Å². The Morgan fingerprint density at radius 2 is 1.82 bits per heavy atom. The molecule has 1 amide bonds. The molecule has 3 heterocycles. The minimum atomic E-state index is -0.629. The van der Waals surface area contributed by atoms with Crippen LogP contribution in [0.25, 0.3) is 32.0 Å². The number of nitrogens with zero attached hydrogens (tertiary/aromatic N) is 4. The van der Waals surface area contributed by atoms with Crippen LogP contribution in [0.3, 0.4) is 0 Å². The number of rotatable bonds is 5. The molecular formula is C24H19ClN6OS. The fourth-order valence-corrected chi connectivity index (χ4v) is 5.29. The highest BCUT2D eigenvalue weighted by molar-refractivity contribution is 7.21. The Labute approximate surface area is 198 Å². The second kappa shape index (κ2) is 8.31. The Bertz CT molecular complexity index is 1510. The predicted octanol–water partition coefficient (Wildman–Crippen LogP) is 4.61. The van der Waals surface area contributed by atoms with Crippen molar-refractivity contribution in [1.29, 1.82) is 0 Å². The van der Waals surface area contributed by atoms with Crippen LogP contribution >= 0.6 is 22.9 Å². The molecular weight excluding hydrogens is 456 g/mol. The standard InChI is InChI=1S/C24H19ClN6OS/c1-31-12-30-20(21(31)18-10-17-22(26)28-11-29-24(17)33-18)15-6-2-4-13(8-15)19(23(27)32)14-5-3-7-16(25)9-14/h2-12,19H,1H3,(H2,27,32)(H2,26,28,29). The van der Waals surface area contributed by atoms with Gasteiger partial charge in [-0.05, 0) is 35.4 Å². The van der Waals surface area contributed by atoms with E-state index in [0.717, 1.165) is 43.2 Å². The molecule has 33 heavy (non-hydrogen) atoms. The SMILES string of the molecule is Cn1cnc(-c2cccc(C(C(N)=O)c3cccc(Cl)c3)c2)c1-c1cc2c(N)ncnc2s1. The van der Waals surface area contributed by atoms with Gasteiger partial charge in [-0.25, -0.2) is 15.0 Å². The van der Waals surface area contributed by atoms with E-state index in [0.29, 0.717) is 10.8 Å². The number of nitrogens with two attached hydrogens (primary N) is 2. The molecule has 164 valence electrons. The number of aryl methyl sites for hydroxylation is 1. The van der Waals surface area contributed by atoms with Gasteiger partial charge in [0.05, 0.1) is 33.9 Å². The van der Waals surface area contributed by atoms with Crippen LogP contribution in [0, 0.1) is 0 Å². The van der Waals surface area contributed by atoms with Gasteiger partial charge in [-0.2, -0.15) is 0 Å². The van der Waals surface area contributed by atoms with Crippen LogP contribution in [0.5, 0.6) is 0 Å². The maximum atomic E-state index is 12.4. The van der Waals surface area contributed by atoms with E-state index >= 15 is 0 Å². The quantitative estimate of drug-likeness (QED) is 0.386. The number of halogens is 1. The molecule has 5 aromatic rings. The van der Waals surface area contributed by atoms with Gasteiger partial charge in [0.2, 0.25) is 5.91 Å². The number of hydrogen-bond donors (Lipinski definition) is 2. The lowest BCUT2D eigenvalue weighted by atomic mass is 9.89. The topological polar surface area (TPSA) is 113 Å². The van der Waals surface area contributed by atoms with E-state index in [1.165, 1.54) is 17.7 Å². The van der Waals surface area contributed by atoms with Crippen LogP contribution < -0.4 is 11.5 Å². The Balaban J connectivity index is 1.62. The Kier molecular flexibility index (Phi) is 5.32. The molecule has 0 fully saturated rings. The average molecular weight is 475 g/mol. The Hall–Kier alpha value is -3.75. The molecule has 0 aliphatic heterocycles. The van der Waals surface area contributed by atoms with Gasteiger partial charge in [0.25, 0.3) is 0 Å². The first-order valence-electron chi connectivity index (χ1n) is 10.1. The molecule has 9 heteroatoms. The number of amides is 1. The molecule has 7 nitrogen and oxygen atoms in total. The number of imidazole rings is 1. The highest BCUT2D eigenvalue weighted by Gasteiger charge is 2.23. The third-order valence-corrected chi connectivity index (χ3v) is 6.78. The summed E-state index contributed by atoms with van der Waals surface area (Å²) in [5.41, 5.74) is 15.9. The summed E-state index contributed by atoms with van der Waals surface area (Å²) in [5.74, 6) is -0.636. The van der Waals surface area contributed by atoms with Crippen LogP contribution in [-0.4, -0.2) is 25.4 Å². The molecule has 1 unspecified atom stereocenters. The first-order valence-corrected chi connectivity index (χ1v) is 11.3. The predicted molar refractivity (Wildman–Crippen MR) is 132 cm³/mol. The summed E-state index contributed by atoms with van der Waals surface area (Å²) in [5, 5.41) is 1.36. The molecule has 0 spiro atoms. The zero-order valence-electron chi connectivity index (χ0n) is 17.6. The van der Waals surface area contributed by atoms with E-state index in [4.69, 9.17) is 23.1 Å². The molecule has 0 bridgehead atoms. The van der Waals surface area contributed by atoms with Crippen molar-refractivity contribution < 1.29 is 4.79 Å². The second-order valence-electron chi connectivity index (χ2n) is 7.66. The van der Waals surface area contributed by atoms with Crippen LogP contribution in [0.15, 0.2) is 67.3 Å². The summed E-state index contributed by atoms with van der Waals surface area (Å²) in [6.45, 7) is 0. The monoisotopic (exact) mass is 474 g/mol. The van der Waals surface area contributed by atoms with Crippen molar-refractivity contribution in [1.82, 2.24) is 19.5 Å². The second-order valence-corrected chi connectivity index (χ2v) is 9.12. The van der Waals surface area contributed by atoms with Crippen LogP contribution in [0.2, 0.25) is 5.02 Å². The molecule has 0 radical (unpaired) electrons. The van der Waals surface area contributed by atoms with E-state index in [-0.39, 0.29) is 0 Å². The number of benzene rings is 2.